The fourth-order valence-electron chi connectivity index (χ4n) is 2.15. The molecule has 5 heteroatoms. The van der Waals surface area contributed by atoms with Gasteiger partial charge in [0.25, 0.3) is 5.91 Å². The number of hydrogen-bond donors (Lipinski definition) is 1. The highest BCUT2D eigenvalue weighted by molar-refractivity contribution is 7.99. The van der Waals surface area contributed by atoms with Gasteiger partial charge in [-0.3, -0.25) is 9.59 Å². The largest absolute Gasteiger partial charge is 0.467 e. The molecule has 20 heavy (non-hydrogen) atoms. The van der Waals surface area contributed by atoms with Gasteiger partial charge in [0.2, 0.25) is 0 Å². The molecule has 0 aliphatic carbocycles. The molecule has 2 aromatic rings. The van der Waals surface area contributed by atoms with Crippen LogP contribution in [-0.2, 0) is 6.54 Å². The SMILES string of the molecule is O=C1CCSc2c1cccc2C(=O)NCc1ccco1. The van der Waals surface area contributed by atoms with E-state index < -0.39 is 0 Å². The van der Waals surface area contributed by atoms with Crippen molar-refractivity contribution in [2.45, 2.75) is 17.9 Å². The number of furan rings is 1. The van der Waals surface area contributed by atoms with E-state index in [1.807, 2.05) is 0 Å². The Morgan fingerprint density at radius 1 is 1.30 bits per heavy atom. The highest BCUT2D eigenvalue weighted by atomic mass is 32.2. The van der Waals surface area contributed by atoms with E-state index in [1.165, 1.54) is 0 Å². The van der Waals surface area contributed by atoms with Crippen LogP contribution in [0.25, 0.3) is 0 Å². The quantitative estimate of drug-likeness (QED) is 0.943. The summed E-state index contributed by atoms with van der Waals surface area (Å²) < 4.78 is 5.18. The van der Waals surface area contributed by atoms with Crippen molar-refractivity contribution in [3.05, 3.63) is 53.5 Å². The number of amides is 1. The monoisotopic (exact) mass is 287 g/mol. The molecule has 1 amide bonds. The van der Waals surface area contributed by atoms with Gasteiger partial charge in [-0.1, -0.05) is 12.1 Å². The number of thioether (sulfide) groups is 1. The first-order valence-corrected chi connectivity index (χ1v) is 7.34. The summed E-state index contributed by atoms with van der Waals surface area (Å²) in [5, 5.41) is 2.81. The summed E-state index contributed by atoms with van der Waals surface area (Å²) in [7, 11) is 0. The summed E-state index contributed by atoms with van der Waals surface area (Å²) >= 11 is 1.57. The van der Waals surface area contributed by atoms with Crippen LogP contribution in [0, 0.1) is 0 Å². The summed E-state index contributed by atoms with van der Waals surface area (Å²) in [5.41, 5.74) is 1.22. The standard InChI is InChI=1S/C15H13NO3S/c17-13-6-8-20-14-11(13)4-1-5-12(14)15(18)16-9-10-3-2-7-19-10/h1-5,7H,6,8-9H2,(H,16,18). The first-order valence-electron chi connectivity index (χ1n) is 6.35. The minimum Gasteiger partial charge on any atom is -0.467 e. The maximum absolute atomic E-state index is 12.2. The van der Waals surface area contributed by atoms with E-state index in [4.69, 9.17) is 4.42 Å². The van der Waals surface area contributed by atoms with Crippen LogP contribution in [0.5, 0.6) is 0 Å². The van der Waals surface area contributed by atoms with Gasteiger partial charge in [-0.05, 0) is 18.2 Å². The Morgan fingerprint density at radius 3 is 3.00 bits per heavy atom. The second-order valence-corrected chi connectivity index (χ2v) is 5.57. The van der Waals surface area contributed by atoms with Gasteiger partial charge in [-0.15, -0.1) is 11.8 Å². The predicted molar refractivity (Wildman–Crippen MR) is 76.0 cm³/mol. The molecular weight excluding hydrogens is 274 g/mol. The van der Waals surface area contributed by atoms with E-state index in [1.54, 1.807) is 48.4 Å². The van der Waals surface area contributed by atoms with Crippen molar-refractivity contribution in [3.63, 3.8) is 0 Å². The van der Waals surface area contributed by atoms with Gasteiger partial charge < -0.3 is 9.73 Å². The summed E-state index contributed by atoms with van der Waals surface area (Å²) in [6.07, 6.45) is 2.11. The summed E-state index contributed by atoms with van der Waals surface area (Å²) in [6, 6.07) is 8.87. The molecular formula is C15H13NO3S. The first-order chi connectivity index (χ1) is 9.75. The molecule has 1 aliphatic heterocycles. The van der Waals surface area contributed by atoms with Crippen molar-refractivity contribution in [1.29, 1.82) is 0 Å². The van der Waals surface area contributed by atoms with Crippen LogP contribution in [0.1, 0.15) is 32.9 Å². The number of hydrogen-bond acceptors (Lipinski definition) is 4. The smallest absolute Gasteiger partial charge is 0.252 e. The molecule has 0 atom stereocenters. The molecule has 0 unspecified atom stereocenters. The normalized spacial score (nSPS) is 13.9. The van der Waals surface area contributed by atoms with Gasteiger partial charge in [0.1, 0.15) is 5.76 Å². The third-order valence-corrected chi connectivity index (χ3v) is 4.28. The zero-order valence-electron chi connectivity index (χ0n) is 10.7. The van der Waals surface area contributed by atoms with Gasteiger partial charge >= 0.3 is 0 Å². The molecule has 2 heterocycles. The minimum absolute atomic E-state index is 0.111. The van der Waals surface area contributed by atoms with Crippen molar-refractivity contribution in [2.75, 3.05) is 5.75 Å². The minimum atomic E-state index is -0.180. The fourth-order valence-corrected chi connectivity index (χ4v) is 3.29. The van der Waals surface area contributed by atoms with Crippen molar-refractivity contribution >= 4 is 23.5 Å². The molecule has 0 spiro atoms. The average molecular weight is 287 g/mol. The Labute approximate surface area is 120 Å². The molecule has 102 valence electrons. The fraction of sp³-hybridized carbons (Fsp3) is 0.200. The molecule has 0 saturated carbocycles. The topological polar surface area (TPSA) is 59.3 Å². The molecule has 3 rings (SSSR count). The summed E-state index contributed by atoms with van der Waals surface area (Å²) in [6.45, 7) is 0.341. The van der Waals surface area contributed by atoms with Gasteiger partial charge in [0.05, 0.1) is 18.4 Å². The Morgan fingerprint density at radius 2 is 2.20 bits per heavy atom. The second-order valence-electron chi connectivity index (χ2n) is 4.47. The lowest BCUT2D eigenvalue weighted by molar-refractivity contribution is 0.0945. The van der Waals surface area contributed by atoms with Gasteiger partial charge in [0.15, 0.2) is 5.78 Å². The summed E-state index contributed by atoms with van der Waals surface area (Å²) in [5.74, 6) is 1.36. The van der Waals surface area contributed by atoms with E-state index in [-0.39, 0.29) is 11.7 Å². The average Bonchev–Trinajstić information content (AvgIpc) is 2.98. The molecule has 1 N–H and O–H groups in total. The van der Waals surface area contributed by atoms with E-state index in [2.05, 4.69) is 5.32 Å². The zero-order chi connectivity index (χ0) is 13.9. The Balaban J connectivity index is 1.81. The second kappa shape index (κ2) is 5.54. The highest BCUT2D eigenvalue weighted by Gasteiger charge is 2.22. The number of fused-ring (bicyclic) bond motifs is 1. The van der Waals surface area contributed by atoms with Crippen molar-refractivity contribution in [2.24, 2.45) is 0 Å². The number of Topliss-reactive ketones (excluding diaryl/α,β-unsaturated/α-hetero) is 1. The molecule has 0 fully saturated rings. The van der Waals surface area contributed by atoms with Crippen LogP contribution in [0.2, 0.25) is 0 Å². The molecule has 1 aromatic heterocycles. The van der Waals surface area contributed by atoms with Gasteiger partial charge in [-0.25, -0.2) is 0 Å². The molecule has 0 bridgehead atoms. The molecule has 0 radical (unpaired) electrons. The van der Waals surface area contributed by atoms with Crippen LogP contribution in [0.4, 0.5) is 0 Å². The first kappa shape index (κ1) is 13.0. The Hall–Kier alpha value is -2.01. The van der Waals surface area contributed by atoms with Gasteiger partial charge in [-0.2, -0.15) is 0 Å². The number of nitrogens with one attached hydrogen (secondary N) is 1. The van der Waals surface area contributed by atoms with E-state index in [0.717, 1.165) is 10.6 Å². The lowest BCUT2D eigenvalue weighted by atomic mass is 10.0. The molecule has 1 aromatic carbocycles. The molecule has 1 aliphatic rings. The lowest BCUT2D eigenvalue weighted by Crippen LogP contribution is -2.24. The van der Waals surface area contributed by atoms with E-state index in [9.17, 15) is 9.59 Å². The van der Waals surface area contributed by atoms with Crippen LogP contribution >= 0.6 is 11.8 Å². The maximum Gasteiger partial charge on any atom is 0.252 e. The number of benzene rings is 1. The van der Waals surface area contributed by atoms with Crippen LogP contribution < -0.4 is 5.32 Å². The third-order valence-electron chi connectivity index (χ3n) is 3.14. The Kier molecular flexibility index (Phi) is 3.60. The zero-order valence-corrected chi connectivity index (χ0v) is 11.5. The predicted octanol–water partition coefficient (Wildman–Crippen LogP) is 2.89. The summed E-state index contributed by atoms with van der Waals surface area (Å²) in [4.78, 5) is 24.9. The van der Waals surface area contributed by atoms with Gasteiger partial charge in [0, 0.05) is 22.6 Å². The van der Waals surface area contributed by atoms with Crippen LogP contribution in [-0.4, -0.2) is 17.4 Å². The number of ketones is 1. The van der Waals surface area contributed by atoms with E-state index >= 15 is 0 Å². The van der Waals surface area contributed by atoms with Crippen LogP contribution in [0.3, 0.4) is 0 Å². The van der Waals surface area contributed by atoms with Crippen molar-refractivity contribution < 1.29 is 14.0 Å². The maximum atomic E-state index is 12.2. The molecule has 0 saturated heterocycles. The number of rotatable bonds is 3. The van der Waals surface area contributed by atoms with Crippen molar-refractivity contribution in [3.8, 4) is 0 Å². The van der Waals surface area contributed by atoms with E-state index in [0.29, 0.717) is 29.9 Å². The number of carbonyl (C=O) groups is 2. The lowest BCUT2D eigenvalue weighted by Gasteiger charge is -2.17. The third kappa shape index (κ3) is 2.49. The van der Waals surface area contributed by atoms with Crippen molar-refractivity contribution in [1.82, 2.24) is 5.32 Å². The molecule has 4 nitrogen and oxygen atoms in total. The highest BCUT2D eigenvalue weighted by Crippen LogP contribution is 2.32. The van der Waals surface area contributed by atoms with Crippen LogP contribution in [0.15, 0.2) is 45.9 Å². The number of carbonyl (C=O) groups excluding carboxylic acids is 2. The Bertz CT molecular complexity index is 649.